The fraction of sp³-hybridized carbons (Fsp3) is 0. The van der Waals surface area contributed by atoms with Crippen LogP contribution in [-0.4, -0.2) is 15.8 Å². The van der Waals surface area contributed by atoms with Crippen molar-refractivity contribution in [2.45, 2.75) is 0 Å². The van der Waals surface area contributed by atoms with E-state index < -0.39 is 0 Å². The van der Waals surface area contributed by atoms with Gasteiger partial charge in [-0.25, -0.2) is 0 Å². The van der Waals surface area contributed by atoms with Gasteiger partial charge in [0.25, 0.3) is 5.59 Å². The first-order valence-electron chi connectivity index (χ1n) is 3.47. The number of hydrogen-bond donors (Lipinski definition) is 0. The maximum atomic E-state index is 10.3. The third kappa shape index (κ3) is 3.16. The normalized spacial score (nSPS) is 10.1. The van der Waals surface area contributed by atoms with E-state index in [0.717, 1.165) is 5.56 Å². The van der Waals surface area contributed by atoms with Crippen molar-refractivity contribution >= 4 is 21.9 Å². The number of rotatable bonds is 2. The second-order valence-corrected chi connectivity index (χ2v) is 2.62. The van der Waals surface area contributed by atoms with Crippen LogP contribution in [-0.2, 0) is 4.74 Å². The third-order valence-electron chi connectivity index (χ3n) is 1.24. The van der Waals surface area contributed by atoms with Crippen LogP contribution in [0.3, 0.4) is 0 Å². The van der Waals surface area contributed by atoms with Crippen molar-refractivity contribution < 1.29 is 9.53 Å². The Morgan fingerprint density at radius 1 is 1.33 bits per heavy atom. The molecular weight excluding hydrogens is 168 g/mol. The molecule has 3 heteroatoms. The van der Waals surface area contributed by atoms with Gasteiger partial charge in [0.2, 0.25) is 0 Å². The van der Waals surface area contributed by atoms with Crippen molar-refractivity contribution in [1.82, 2.24) is 0 Å². The van der Waals surface area contributed by atoms with E-state index in [0.29, 0.717) is 0 Å². The minimum Gasteiger partial charge on any atom is -0.440 e. The lowest BCUT2D eigenvalue weighted by Crippen LogP contribution is -1.92. The highest BCUT2D eigenvalue weighted by atomic mass is 28.1. The summed E-state index contributed by atoms with van der Waals surface area (Å²) in [6, 6.07) is 9.61. The maximum absolute atomic E-state index is 10.3. The molecule has 0 unspecified atom stereocenters. The Bertz CT molecular complexity index is 280. The van der Waals surface area contributed by atoms with Crippen molar-refractivity contribution in [1.29, 1.82) is 0 Å². The highest BCUT2D eigenvalue weighted by Crippen LogP contribution is 2.00. The van der Waals surface area contributed by atoms with Gasteiger partial charge in [0.15, 0.2) is 10.2 Å². The van der Waals surface area contributed by atoms with Crippen LogP contribution in [0.4, 0.5) is 4.79 Å². The lowest BCUT2D eigenvalue weighted by Gasteiger charge is -1.91. The summed E-state index contributed by atoms with van der Waals surface area (Å²) in [5.74, 6) is 0. The van der Waals surface area contributed by atoms with E-state index >= 15 is 0 Å². The molecule has 0 atom stereocenters. The molecule has 0 aromatic heterocycles. The molecule has 0 spiro atoms. The zero-order valence-electron chi connectivity index (χ0n) is 6.44. The molecule has 0 aliphatic heterocycles. The average Bonchev–Trinajstić information content (AvgIpc) is 2.05. The molecule has 2 radical (unpaired) electrons. The second-order valence-electron chi connectivity index (χ2n) is 2.15. The van der Waals surface area contributed by atoms with Gasteiger partial charge in [0.1, 0.15) is 0 Å². The first-order valence-corrected chi connectivity index (χ1v) is 4.04. The summed E-state index contributed by atoms with van der Waals surface area (Å²) < 4.78 is 4.59. The van der Waals surface area contributed by atoms with Crippen LogP contribution in [0.15, 0.2) is 36.6 Å². The van der Waals surface area contributed by atoms with Gasteiger partial charge < -0.3 is 4.74 Å². The molecule has 0 N–H and O–H groups in total. The summed E-state index contributed by atoms with van der Waals surface area (Å²) >= 11 is 0. The molecule has 0 heterocycles. The molecule has 1 aromatic rings. The molecule has 0 aliphatic rings. The van der Waals surface area contributed by atoms with E-state index in [1.54, 1.807) is 6.08 Å². The van der Waals surface area contributed by atoms with Gasteiger partial charge in [-0.3, -0.25) is 4.79 Å². The average molecular weight is 176 g/mol. The van der Waals surface area contributed by atoms with E-state index in [-0.39, 0.29) is 5.59 Å². The Morgan fingerprint density at radius 3 is 2.58 bits per heavy atom. The van der Waals surface area contributed by atoms with Crippen LogP contribution in [0.2, 0.25) is 0 Å². The quantitative estimate of drug-likeness (QED) is 0.506. The highest BCUT2D eigenvalue weighted by Gasteiger charge is 1.85. The minimum atomic E-state index is -0.387. The molecular formula is C9H8O2Si. The molecule has 0 amide bonds. The fourth-order valence-corrected chi connectivity index (χ4v) is 0.822. The predicted octanol–water partition coefficient (Wildman–Crippen LogP) is 1.69. The highest BCUT2D eigenvalue weighted by molar-refractivity contribution is 6.55. The molecule has 12 heavy (non-hydrogen) atoms. The number of carbonyl (C=O) groups excluding carboxylic acids is 1. The SMILES string of the molecule is O=C([SiH])OC=Cc1ccccc1. The maximum Gasteiger partial charge on any atom is 0.267 e. The first kappa shape index (κ1) is 8.74. The van der Waals surface area contributed by atoms with Gasteiger partial charge in [0, 0.05) is 0 Å². The first-order chi connectivity index (χ1) is 5.79. The summed E-state index contributed by atoms with van der Waals surface area (Å²) in [5, 5.41) is 0. The van der Waals surface area contributed by atoms with Crippen LogP contribution >= 0.6 is 0 Å². The minimum absolute atomic E-state index is 0.387. The topological polar surface area (TPSA) is 26.3 Å². The molecule has 0 saturated carbocycles. The molecule has 0 aliphatic carbocycles. The number of carbonyl (C=O) groups is 1. The van der Waals surface area contributed by atoms with Gasteiger partial charge >= 0.3 is 0 Å². The molecule has 1 aromatic carbocycles. The Morgan fingerprint density at radius 2 is 2.00 bits per heavy atom. The molecule has 0 saturated heterocycles. The molecule has 60 valence electrons. The number of ether oxygens (including phenoxy) is 1. The van der Waals surface area contributed by atoms with Crippen molar-refractivity contribution in [2.75, 3.05) is 0 Å². The fourth-order valence-electron chi connectivity index (χ4n) is 0.744. The van der Waals surface area contributed by atoms with E-state index in [2.05, 4.69) is 4.74 Å². The number of benzene rings is 1. The summed E-state index contributed by atoms with van der Waals surface area (Å²) in [5.41, 5.74) is 0.617. The Balaban J connectivity index is 2.52. The van der Waals surface area contributed by atoms with Gasteiger partial charge in [-0.15, -0.1) is 0 Å². The zero-order chi connectivity index (χ0) is 8.81. The summed E-state index contributed by atoms with van der Waals surface area (Å²) in [7, 11) is 1.93. The third-order valence-corrected chi connectivity index (χ3v) is 1.38. The Hall–Kier alpha value is -1.35. The van der Waals surface area contributed by atoms with Crippen LogP contribution in [0, 0.1) is 0 Å². The van der Waals surface area contributed by atoms with Crippen molar-refractivity contribution in [3.05, 3.63) is 42.2 Å². The van der Waals surface area contributed by atoms with Gasteiger partial charge in [-0.05, 0) is 11.6 Å². The summed E-state index contributed by atoms with van der Waals surface area (Å²) in [4.78, 5) is 10.3. The van der Waals surface area contributed by atoms with Crippen molar-refractivity contribution in [3.63, 3.8) is 0 Å². The lowest BCUT2D eigenvalue weighted by atomic mass is 10.2. The molecule has 2 nitrogen and oxygen atoms in total. The van der Waals surface area contributed by atoms with Crippen LogP contribution in [0.1, 0.15) is 5.56 Å². The van der Waals surface area contributed by atoms with Crippen LogP contribution < -0.4 is 0 Å². The van der Waals surface area contributed by atoms with Crippen LogP contribution in [0.25, 0.3) is 6.08 Å². The number of hydrogen-bond acceptors (Lipinski definition) is 2. The van der Waals surface area contributed by atoms with Crippen molar-refractivity contribution in [2.24, 2.45) is 0 Å². The van der Waals surface area contributed by atoms with Gasteiger partial charge in [-0.2, -0.15) is 0 Å². The monoisotopic (exact) mass is 176 g/mol. The van der Waals surface area contributed by atoms with Crippen LogP contribution in [0.5, 0.6) is 0 Å². The zero-order valence-corrected chi connectivity index (χ0v) is 7.59. The summed E-state index contributed by atoms with van der Waals surface area (Å²) in [6.45, 7) is 0. The van der Waals surface area contributed by atoms with E-state index in [1.165, 1.54) is 6.26 Å². The Labute approximate surface area is 74.3 Å². The Kier molecular flexibility index (Phi) is 3.28. The second kappa shape index (κ2) is 4.51. The van der Waals surface area contributed by atoms with E-state index in [4.69, 9.17) is 0 Å². The smallest absolute Gasteiger partial charge is 0.267 e. The largest absolute Gasteiger partial charge is 0.440 e. The predicted molar refractivity (Wildman–Crippen MR) is 49.1 cm³/mol. The standard InChI is InChI=1S/C9H8O2Si/c10-9(12)11-7-6-8-4-2-1-3-5-8/h1-7,12H. The molecule has 0 bridgehead atoms. The van der Waals surface area contributed by atoms with E-state index in [1.807, 2.05) is 40.6 Å². The molecule has 0 fully saturated rings. The summed E-state index contributed by atoms with van der Waals surface area (Å²) in [6.07, 6.45) is 3.09. The van der Waals surface area contributed by atoms with E-state index in [9.17, 15) is 4.79 Å². The molecule has 1 rings (SSSR count). The van der Waals surface area contributed by atoms with Gasteiger partial charge in [-0.1, -0.05) is 30.3 Å². The van der Waals surface area contributed by atoms with Crippen molar-refractivity contribution in [3.8, 4) is 0 Å². The lowest BCUT2D eigenvalue weighted by molar-refractivity contribution is 0.212. The van der Waals surface area contributed by atoms with Gasteiger partial charge in [0.05, 0.1) is 6.26 Å².